The van der Waals surface area contributed by atoms with Gasteiger partial charge in [-0.15, -0.1) is 0 Å². The number of amides is 3. The molecule has 1 aliphatic heterocycles. The van der Waals surface area contributed by atoms with E-state index in [4.69, 9.17) is 23.2 Å². The summed E-state index contributed by atoms with van der Waals surface area (Å²) in [5.74, 6) is -0.852. The van der Waals surface area contributed by atoms with Gasteiger partial charge in [-0.2, -0.15) is 0 Å². The number of rotatable bonds is 9. The van der Waals surface area contributed by atoms with E-state index in [1.807, 2.05) is 11.6 Å². The number of urea groups is 1. The van der Waals surface area contributed by atoms with Gasteiger partial charge in [-0.3, -0.25) is 9.59 Å². The van der Waals surface area contributed by atoms with Gasteiger partial charge >= 0.3 is 12.0 Å². The second-order valence-corrected chi connectivity index (χ2v) is 11.6. The highest BCUT2D eigenvalue weighted by atomic mass is 35.5. The van der Waals surface area contributed by atoms with E-state index < -0.39 is 23.5 Å². The summed E-state index contributed by atoms with van der Waals surface area (Å²) in [6.07, 6.45) is 10.2. The first-order valence-electron chi connectivity index (χ1n) is 13.7. The summed E-state index contributed by atoms with van der Waals surface area (Å²) in [5, 5.41) is 16.8. The van der Waals surface area contributed by atoms with Crippen LogP contribution in [-0.4, -0.2) is 63.1 Å². The Morgan fingerprint density at radius 1 is 1.15 bits per heavy atom. The largest absolute Gasteiger partial charge is 0.481 e. The standard InChI is InChI=1S/C28H37Cl2N5O4/c1-34-18-31-17-22(34)9-12-32-27(39)33-24(15-19-7-8-21(29)16-23(19)30)25(36)35-13-10-28(11-14-35,26(37)38)20-5-3-2-4-6-20/h7-8,16-18,20,24H,2-6,9-15H2,1H3,(H,37,38)(H2,32,33,39)/t24-/m1/s1. The first-order chi connectivity index (χ1) is 18.7. The number of aryl methyl sites for hydroxylation is 1. The van der Waals surface area contributed by atoms with Crippen molar-refractivity contribution in [2.45, 2.75) is 63.8 Å². The number of likely N-dealkylation sites (tertiary alicyclic amines) is 1. The Bertz CT molecular complexity index is 1170. The monoisotopic (exact) mass is 577 g/mol. The van der Waals surface area contributed by atoms with Crippen molar-refractivity contribution in [3.05, 3.63) is 52.0 Å². The topological polar surface area (TPSA) is 117 Å². The zero-order chi connectivity index (χ0) is 28.0. The lowest BCUT2D eigenvalue weighted by Crippen LogP contribution is -2.56. The predicted octanol–water partition coefficient (Wildman–Crippen LogP) is 4.45. The maximum Gasteiger partial charge on any atom is 0.315 e. The zero-order valence-corrected chi connectivity index (χ0v) is 23.8. The lowest BCUT2D eigenvalue weighted by Gasteiger charge is -2.45. The molecule has 0 radical (unpaired) electrons. The van der Waals surface area contributed by atoms with E-state index in [2.05, 4.69) is 15.6 Å². The number of nitrogens with one attached hydrogen (secondary N) is 2. The van der Waals surface area contributed by atoms with Crippen LogP contribution < -0.4 is 10.6 Å². The molecule has 1 atom stereocenters. The number of carboxylic acids is 1. The number of benzene rings is 1. The highest BCUT2D eigenvalue weighted by Crippen LogP contribution is 2.46. The molecule has 1 aromatic heterocycles. The molecule has 4 rings (SSSR count). The first kappa shape index (κ1) is 29.2. The molecule has 2 aliphatic rings. The number of carbonyl (C=O) groups is 3. The van der Waals surface area contributed by atoms with Crippen molar-refractivity contribution in [3.8, 4) is 0 Å². The highest BCUT2D eigenvalue weighted by Gasteiger charge is 2.48. The average molecular weight is 579 g/mol. The summed E-state index contributed by atoms with van der Waals surface area (Å²) in [7, 11) is 1.89. The molecule has 1 aliphatic carbocycles. The molecule has 0 spiro atoms. The van der Waals surface area contributed by atoms with Gasteiger partial charge in [0.05, 0.1) is 11.7 Å². The fourth-order valence-corrected chi connectivity index (χ4v) is 6.53. The fraction of sp³-hybridized carbons (Fsp3) is 0.571. The molecule has 3 N–H and O–H groups in total. The summed E-state index contributed by atoms with van der Waals surface area (Å²) in [6, 6.07) is 3.74. The summed E-state index contributed by atoms with van der Waals surface area (Å²) >= 11 is 12.5. The number of nitrogens with zero attached hydrogens (tertiary/aromatic N) is 3. The summed E-state index contributed by atoms with van der Waals surface area (Å²) in [4.78, 5) is 44.8. The Morgan fingerprint density at radius 2 is 1.87 bits per heavy atom. The number of aliphatic carboxylic acids is 1. The SMILES string of the molecule is Cn1cncc1CCNC(=O)N[C@H](Cc1ccc(Cl)cc1Cl)C(=O)N1CCC(C(=O)O)(C2CCCCC2)CC1. The number of imidazole rings is 1. The Morgan fingerprint density at radius 3 is 2.49 bits per heavy atom. The maximum absolute atomic E-state index is 13.7. The van der Waals surface area contributed by atoms with Crippen LogP contribution in [0.5, 0.6) is 0 Å². The molecule has 1 aromatic carbocycles. The van der Waals surface area contributed by atoms with Crippen molar-refractivity contribution in [1.29, 1.82) is 0 Å². The molecule has 0 bridgehead atoms. The average Bonchev–Trinajstić information content (AvgIpc) is 3.34. The van der Waals surface area contributed by atoms with Crippen molar-refractivity contribution < 1.29 is 19.5 Å². The number of hydrogen-bond acceptors (Lipinski definition) is 4. The number of carbonyl (C=O) groups excluding carboxylic acids is 2. The van der Waals surface area contributed by atoms with E-state index in [1.165, 1.54) is 0 Å². The smallest absolute Gasteiger partial charge is 0.315 e. The molecule has 1 saturated carbocycles. The van der Waals surface area contributed by atoms with Crippen LogP contribution in [0, 0.1) is 11.3 Å². The fourth-order valence-electron chi connectivity index (χ4n) is 6.04. The van der Waals surface area contributed by atoms with Crippen LogP contribution in [0.15, 0.2) is 30.7 Å². The Hall–Kier alpha value is -2.78. The van der Waals surface area contributed by atoms with Gasteiger partial charge in [0.1, 0.15) is 6.04 Å². The lowest BCUT2D eigenvalue weighted by atomic mass is 9.64. The van der Waals surface area contributed by atoms with Crippen molar-refractivity contribution in [3.63, 3.8) is 0 Å². The zero-order valence-electron chi connectivity index (χ0n) is 22.3. The molecular weight excluding hydrogens is 541 g/mol. The molecular formula is C28H37Cl2N5O4. The lowest BCUT2D eigenvalue weighted by molar-refractivity contribution is -0.160. The van der Waals surface area contributed by atoms with Crippen LogP contribution >= 0.6 is 23.2 Å². The minimum absolute atomic E-state index is 0.146. The van der Waals surface area contributed by atoms with Gasteiger partial charge in [-0.25, -0.2) is 9.78 Å². The molecule has 1 saturated heterocycles. The van der Waals surface area contributed by atoms with Gasteiger partial charge in [0.25, 0.3) is 0 Å². The minimum Gasteiger partial charge on any atom is -0.481 e. The van der Waals surface area contributed by atoms with E-state index in [-0.39, 0.29) is 18.2 Å². The van der Waals surface area contributed by atoms with Gasteiger partial charge in [-0.05, 0) is 49.3 Å². The maximum atomic E-state index is 13.7. The van der Waals surface area contributed by atoms with Crippen LogP contribution in [0.4, 0.5) is 4.79 Å². The molecule has 0 unspecified atom stereocenters. The second kappa shape index (κ2) is 13.0. The van der Waals surface area contributed by atoms with Gasteiger partial charge in [0.2, 0.25) is 5.91 Å². The summed E-state index contributed by atoms with van der Waals surface area (Å²) in [6.45, 7) is 1.06. The Labute approximate surface area is 239 Å². The number of halogens is 2. The Kier molecular flexibility index (Phi) is 9.77. The van der Waals surface area contributed by atoms with Crippen LogP contribution in [0.2, 0.25) is 10.0 Å². The Balaban J connectivity index is 1.43. The molecule has 2 heterocycles. The molecule has 39 heavy (non-hydrogen) atoms. The molecule has 2 aromatic rings. The number of piperidine rings is 1. The quantitative estimate of drug-likeness (QED) is 0.407. The number of carboxylic acid groups (broad SMARTS) is 1. The summed E-state index contributed by atoms with van der Waals surface area (Å²) in [5.41, 5.74) is 0.876. The van der Waals surface area contributed by atoms with Crippen LogP contribution in [0.25, 0.3) is 0 Å². The third-order valence-corrected chi connectivity index (χ3v) is 8.99. The predicted molar refractivity (Wildman–Crippen MR) is 150 cm³/mol. The van der Waals surface area contributed by atoms with Crippen LogP contribution in [0.3, 0.4) is 0 Å². The van der Waals surface area contributed by atoms with E-state index in [0.29, 0.717) is 54.5 Å². The van der Waals surface area contributed by atoms with Gasteiger partial charge in [0, 0.05) is 61.5 Å². The second-order valence-electron chi connectivity index (χ2n) is 10.8. The molecule has 11 heteroatoms. The van der Waals surface area contributed by atoms with Crippen LogP contribution in [0.1, 0.15) is 56.2 Å². The molecule has 3 amide bonds. The van der Waals surface area contributed by atoms with Crippen molar-refractivity contribution >= 4 is 41.1 Å². The van der Waals surface area contributed by atoms with E-state index in [9.17, 15) is 19.5 Å². The number of aromatic nitrogens is 2. The van der Waals surface area contributed by atoms with Crippen molar-refractivity contribution in [1.82, 2.24) is 25.1 Å². The van der Waals surface area contributed by atoms with Gasteiger partial charge < -0.3 is 25.2 Å². The van der Waals surface area contributed by atoms with Crippen molar-refractivity contribution in [2.24, 2.45) is 18.4 Å². The molecule has 9 nitrogen and oxygen atoms in total. The van der Waals surface area contributed by atoms with E-state index >= 15 is 0 Å². The molecule has 2 fully saturated rings. The minimum atomic E-state index is -0.868. The summed E-state index contributed by atoms with van der Waals surface area (Å²) < 4.78 is 1.88. The van der Waals surface area contributed by atoms with Crippen LogP contribution in [-0.2, 0) is 29.5 Å². The van der Waals surface area contributed by atoms with E-state index in [1.54, 1.807) is 35.6 Å². The normalized spacial score (nSPS) is 18.4. The van der Waals surface area contributed by atoms with Gasteiger partial charge in [-0.1, -0.05) is 48.5 Å². The van der Waals surface area contributed by atoms with Gasteiger partial charge in [0.15, 0.2) is 0 Å². The number of hydrogen-bond donors (Lipinski definition) is 3. The third kappa shape index (κ3) is 7.06. The highest BCUT2D eigenvalue weighted by molar-refractivity contribution is 6.35. The third-order valence-electron chi connectivity index (χ3n) is 8.41. The first-order valence-corrected chi connectivity index (χ1v) is 14.4. The van der Waals surface area contributed by atoms with E-state index in [0.717, 1.165) is 37.8 Å². The molecule has 212 valence electrons. The van der Waals surface area contributed by atoms with Crippen molar-refractivity contribution in [2.75, 3.05) is 19.6 Å².